The van der Waals surface area contributed by atoms with Crippen molar-refractivity contribution in [3.8, 4) is 6.07 Å². The Morgan fingerprint density at radius 2 is 2.27 bits per heavy atom. The molecule has 4 nitrogen and oxygen atoms in total. The number of hydrogen-bond acceptors (Lipinski definition) is 3. The Labute approximate surface area is 90.9 Å². The summed E-state index contributed by atoms with van der Waals surface area (Å²) in [6, 6.07) is 2.45. The molecule has 0 aromatic carbocycles. The summed E-state index contributed by atoms with van der Waals surface area (Å²) < 4.78 is 1.82. The van der Waals surface area contributed by atoms with E-state index in [1.807, 2.05) is 31.8 Å². The summed E-state index contributed by atoms with van der Waals surface area (Å²) >= 11 is 0. The summed E-state index contributed by atoms with van der Waals surface area (Å²) in [5.41, 5.74) is 2.24. The Bertz CT molecular complexity index is 361. The van der Waals surface area contributed by atoms with Crippen LogP contribution in [-0.2, 0) is 7.05 Å². The van der Waals surface area contributed by atoms with E-state index in [4.69, 9.17) is 5.26 Å². The first kappa shape index (κ1) is 11.7. The second-order valence-corrected chi connectivity index (χ2v) is 4.00. The molecule has 0 fully saturated rings. The van der Waals surface area contributed by atoms with E-state index in [9.17, 15) is 0 Å². The Morgan fingerprint density at radius 1 is 1.60 bits per heavy atom. The summed E-state index contributed by atoms with van der Waals surface area (Å²) in [5, 5.41) is 16.3. The monoisotopic (exact) mass is 206 g/mol. The maximum absolute atomic E-state index is 8.67. The van der Waals surface area contributed by atoms with Gasteiger partial charge in [-0.1, -0.05) is 0 Å². The fourth-order valence-electron chi connectivity index (χ4n) is 1.55. The van der Waals surface area contributed by atoms with Crippen LogP contribution in [0, 0.1) is 24.2 Å². The summed E-state index contributed by atoms with van der Waals surface area (Å²) in [5.74, 6) is 0.0458. The number of nitrogens with zero attached hydrogens (tertiary/aromatic N) is 3. The number of rotatable bonds is 4. The minimum absolute atomic E-state index is 0.0458. The molecule has 0 bridgehead atoms. The minimum Gasteiger partial charge on any atom is -0.309 e. The molecule has 0 amide bonds. The zero-order chi connectivity index (χ0) is 11.4. The lowest BCUT2D eigenvalue weighted by Crippen LogP contribution is -2.24. The van der Waals surface area contributed by atoms with Crippen molar-refractivity contribution in [2.75, 3.05) is 6.54 Å². The van der Waals surface area contributed by atoms with E-state index in [0.29, 0.717) is 6.54 Å². The van der Waals surface area contributed by atoms with Crippen LogP contribution in [0.15, 0.2) is 6.20 Å². The first-order valence-corrected chi connectivity index (χ1v) is 5.17. The maximum Gasteiger partial charge on any atom is 0.0666 e. The predicted molar refractivity (Wildman–Crippen MR) is 59.1 cm³/mol. The van der Waals surface area contributed by atoms with Crippen LogP contribution in [0.25, 0.3) is 0 Å². The van der Waals surface area contributed by atoms with Crippen molar-refractivity contribution in [3.63, 3.8) is 0 Å². The molecule has 2 unspecified atom stereocenters. The molecule has 82 valence electrons. The number of hydrogen-bond donors (Lipinski definition) is 1. The molecule has 1 aromatic heterocycles. The third kappa shape index (κ3) is 3.07. The third-order valence-corrected chi connectivity index (χ3v) is 2.47. The summed E-state index contributed by atoms with van der Waals surface area (Å²) in [4.78, 5) is 0. The van der Waals surface area contributed by atoms with Crippen LogP contribution >= 0.6 is 0 Å². The molecular weight excluding hydrogens is 188 g/mol. The van der Waals surface area contributed by atoms with Crippen molar-refractivity contribution in [1.82, 2.24) is 15.1 Å². The minimum atomic E-state index is 0.0458. The van der Waals surface area contributed by atoms with Crippen LogP contribution in [0.4, 0.5) is 0 Å². The van der Waals surface area contributed by atoms with Crippen molar-refractivity contribution in [2.24, 2.45) is 13.0 Å². The smallest absolute Gasteiger partial charge is 0.0666 e. The van der Waals surface area contributed by atoms with Crippen molar-refractivity contribution >= 4 is 0 Å². The highest BCUT2D eigenvalue weighted by atomic mass is 15.3. The van der Waals surface area contributed by atoms with E-state index in [2.05, 4.69) is 23.4 Å². The molecule has 1 rings (SSSR count). The highest BCUT2D eigenvalue weighted by molar-refractivity contribution is 5.19. The first-order valence-electron chi connectivity index (χ1n) is 5.17. The van der Waals surface area contributed by atoms with Gasteiger partial charge in [0.25, 0.3) is 0 Å². The molecule has 0 aliphatic heterocycles. The molecule has 0 radical (unpaired) electrons. The van der Waals surface area contributed by atoms with Gasteiger partial charge in [-0.2, -0.15) is 10.4 Å². The second kappa shape index (κ2) is 4.94. The van der Waals surface area contributed by atoms with Gasteiger partial charge >= 0.3 is 0 Å². The maximum atomic E-state index is 8.67. The number of nitriles is 1. The third-order valence-electron chi connectivity index (χ3n) is 2.47. The van der Waals surface area contributed by atoms with Gasteiger partial charge in [0.2, 0.25) is 0 Å². The van der Waals surface area contributed by atoms with Gasteiger partial charge in [-0.05, 0) is 20.8 Å². The fraction of sp³-hybridized carbons (Fsp3) is 0.636. The van der Waals surface area contributed by atoms with Crippen molar-refractivity contribution in [1.29, 1.82) is 5.26 Å². The van der Waals surface area contributed by atoms with Gasteiger partial charge in [-0.3, -0.25) is 4.68 Å². The second-order valence-electron chi connectivity index (χ2n) is 4.00. The molecule has 2 atom stereocenters. The van der Waals surface area contributed by atoms with Gasteiger partial charge in [0.1, 0.15) is 0 Å². The zero-order valence-corrected chi connectivity index (χ0v) is 9.78. The number of aryl methyl sites for hydroxylation is 2. The molecule has 1 aromatic rings. The van der Waals surface area contributed by atoms with Gasteiger partial charge in [-0.15, -0.1) is 0 Å². The van der Waals surface area contributed by atoms with Gasteiger partial charge in [0.05, 0.1) is 17.7 Å². The van der Waals surface area contributed by atoms with E-state index in [1.54, 1.807) is 0 Å². The Balaban J connectivity index is 2.58. The van der Waals surface area contributed by atoms with E-state index in [0.717, 1.165) is 5.69 Å². The average molecular weight is 206 g/mol. The Hall–Kier alpha value is -1.34. The standard InChI is InChI=1S/C11H18N4/c1-8(5-12)6-13-9(2)11-7-15(4)14-10(11)3/h7-9,13H,6H2,1-4H3. The summed E-state index contributed by atoms with van der Waals surface area (Å²) in [6.07, 6.45) is 2.02. The van der Waals surface area contributed by atoms with Gasteiger partial charge in [0, 0.05) is 31.4 Å². The average Bonchev–Trinajstić information content (AvgIpc) is 2.53. The van der Waals surface area contributed by atoms with E-state index >= 15 is 0 Å². The molecule has 0 saturated heterocycles. The van der Waals surface area contributed by atoms with Crippen LogP contribution in [-0.4, -0.2) is 16.3 Å². The van der Waals surface area contributed by atoms with Gasteiger partial charge in [-0.25, -0.2) is 0 Å². The van der Waals surface area contributed by atoms with Crippen molar-refractivity contribution in [3.05, 3.63) is 17.5 Å². The molecule has 1 N–H and O–H groups in total. The quantitative estimate of drug-likeness (QED) is 0.813. The summed E-state index contributed by atoms with van der Waals surface area (Å²) in [6.45, 7) is 6.72. The van der Waals surface area contributed by atoms with Crippen LogP contribution < -0.4 is 5.32 Å². The normalized spacial score (nSPS) is 14.6. The predicted octanol–water partition coefficient (Wildman–Crippen LogP) is 1.54. The van der Waals surface area contributed by atoms with Crippen LogP contribution in [0.2, 0.25) is 0 Å². The van der Waals surface area contributed by atoms with Crippen LogP contribution in [0.5, 0.6) is 0 Å². The number of aromatic nitrogens is 2. The van der Waals surface area contributed by atoms with Gasteiger partial charge in [0.15, 0.2) is 0 Å². The molecule has 1 heterocycles. The number of nitrogens with one attached hydrogen (secondary N) is 1. The fourth-order valence-corrected chi connectivity index (χ4v) is 1.55. The lowest BCUT2D eigenvalue weighted by molar-refractivity contribution is 0.526. The lowest BCUT2D eigenvalue weighted by atomic mass is 10.1. The largest absolute Gasteiger partial charge is 0.309 e. The van der Waals surface area contributed by atoms with E-state index in [-0.39, 0.29) is 12.0 Å². The summed E-state index contributed by atoms with van der Waals surface area (Å²) in [7, 11) is 1.92. The molecule has 4 heteroatoms. The highest BCUT2D eigenvalue weighted by Crippen LogP contribution is 2.15. The van der Waals surface area contributed by atoms with Crippen molar-refractivity contribution < 1.29 is 0 Å². The zero-order valence-electron chi connectivity index (χ0n) is 9.78. The molecule has 0 aliphatic carbocycles. The van der Waals surface area contributed by atoms with Crippen LogP contribution in [0.1, 0.15) is 31.1 Å². The SMILES string of the molecule is Cc1nn(C)cc1C(C)NCC(C)C#N. The topological polar surface area (TPSA) is 53.6 Å². The molecule has 0 aliphatic rings. The Morgan fingerprint density at radius 3 is 2.73 bits per heavy atom. The highest BCUT2D eigenvalue weighted by Gasteiger charge is 2.11. The van der Waals surface area contributed by atoms with E-state index in [1.165, 1.54) is 5.56 Å². The molecular formula is C11H18N4. The van der Waals surface area contributed by atoms with Crippen LogP contribution in [0.3, 0.4) is 0 Å². The molecule has 0 saturated carbocycles. The molecule has 15 heavy (non-hydrogen) atoms. The van der Waals surface area contributed by atoms with E-state index < -0.39 is 0 Å². The van der Waals surface area contributed by atoms with Gasteiger partial charge < -0.3 is 5.32 Å². The first-order chi connectivity index (χ1) is 7.04. The Kier molecular flexibility index (Phi) is 3.87. The molecule has 0 spiro atoms. The lowest BCUT2D eigenvalue weighted by Gasteiger charge is -2.13. The van der Waals surface area contributed by atoms with Crippen molar-refractivity contribution in [2.45, 2.75) is 26.8 Å².